The number of rotatable bonds is 14. The van der Waals surface area contributed by atoms with Gasteiger partial charge in [-0.3, -0.25) is 0 Å². The summed E-state index contributed by atoms with van der Waals surface area (Å²) < 4.78 is 0. The minimum absolute atomic E-state index is 0.967. The van der Waals surface area contributed by atoms with E-state index in [1.165, 1.54) is 0 Å². The molecule has 0 saturated heterocycles. The van der Waals surface area contributed by atoms with Crippen molar-refractivity contribution < 1.29 is 0 Å². The molecule has 1 aromatic rings. The van der Waals surface area contributed by atoms with Crippen molar-refractivity contribution in [2.45, 2.75) is 54.4 Å². The van der Waals surface area contributed by atoms with Crippen LogP contribution in [-0.2, 0) is 0 Å². The van der Waals surface area contributed by atoms with Crippen molar-refractivity contribution in [3.8, 4) is 0 Å². The molecule has 0 bridgehead atoms. The van der Waals surface area contributed by atoms with E-state index in [1.54, 1.807) is 0 Å². The number of benzene rings is 1. The Hall–Kier alpha value is -4.68. The van der Waals surface area contributed by atoms with Gasteiger partial charge in [0.05, 0.1) is 0 Å². The normalized spacial score (nSPS) is 16.0. The first-order valence-electron chi connectivity index (χ1n) is 15.5. The van der Waals surface area contributed by atoms with Crippen LogP contribution >= 0.6 is 0 Å². The lowest BCUT2D eigenvalue weighted by atomic mass is 9.80. The molecule has 226 valence electrons. The smallest absolute Gasteiger partial charge is 0.0103 e. The van der Waals surface area contributed by atoms with Gasteiger partial charge in [0.15, 0.2) is 0 Å². The topological polar surface area (TPSA) is 0 Å². The summed E-state index contributed by atoms with van der Waals surface area (Å²) in [6.45, 7) is 29.8. The monoisotopic (exact) mass is 578 g/mol. The van der Waals surface area contributed by atoms with Crippen molar-refractivity contribution in [1.82, 2.24) is 0 Å². The van der Waals surface area contributed by atoms with E-state index < -0.39 is 0 Å². The molecular formula is C44H50. The fraction of sp³-hybridized carbons (Fsp3) is 0.182. The first kappa shape index (κ1) is 35.5. The average Bonchev–Trinajstić information content (AvgIpc) is 3.05. The zero-order chi connectivity index (χ0) is 32.5. The third kappa shape index (κ3) is 8.68. The molecule has 0 nitrogen and oxygen atoms in total. The maximum absolute atomic E-state index is 4.40. The van der Waals surface area contributed by atoms with Gasteiger partial charge in [0, 0.05) is 0 Å². The predicted molar refractivity (Wildman–Crippen MR) is 200 cm³/mol. The molecule has 0 unspecified atom stereocenters. The summed E-state index contributed by atoms with van der Waals surface area (Å²) in [5.74, 6) is 0. The molecule has 0 heteroatoms. The van der Waals surface area contributed by atoms with Gasteiger partial charge in [-0.1, -0.05) is 148 Å². The summed E-state index contributed by atoms with van der Waals surface area (Å²) in [5, 5.41) is 0. The predicted octanol–water partition coefficient (Wildman–Crippen LogP) is 13.1. The highest BCUT2D eigenvalue weighted by atomic mass is 14.3. The lowest BCUT2D eigenvalue weighted by Crippen LogP contribution is -2.05. The van der Waals surface area contributed by atoms with Crippen LogP contribution in [-0.4, -0.2) is 0 Å². The Morgan fingerprint density at radius 3 is 1.61 bits per heavy atom. The number of hydrogen-bond acceptors (Lipinski definition) is 0. The van der Waals surface area contributed by atoms with E-state index in [0.717, 1.165) is 79.7 Å². The molecule has 0 aromatic heterocycles. The Balaban J connectivity index is 2.76. The van der Waals surface area contributed by atoms with Gasteiger partial charge in [0.1, 0.15) is 0 Å². The van der Waals surface area contributed by atoms with E-state index in [9.17, 15) is 0 Å². The van der Waals surface area contributed by atoms with Crippen LogP contribution in [0.2, 0.25) is 0 Å². The van der Waals surface area contributed by atoms with Crippen LogP contribution in [0.1, 0.15) is 65.5 Å². The standard InChI is InChI=1S/C44H50/c1-11-19-21-27-33(9)35(13-3)36(14-4)43-31-25-26-32-44(43)40(18-8)38(16-6)37(15-5)39(17-7)42-30-24-23-29-41(42)34(10)28-22-20-12-2/h11-22,25-32H,5,7,9-10,23-24H2,1-4,6,8H3/b19-11-,20-12-,27-21-,28-22-,35-13-,36-14+,38-16-,39-37-,40-18+. The maximum Gasteiger partial charge on any atom is -0.0103 e. The van der Waals surface area contributed by atoms with Gasteiger partial charge in [-0.25, -0.2) is 0 Å². The molecule has 0 aliphatic heterocycles. The van der Waals surface area contributed by atoms with Crippen molar-refractivity contribution in [2.75, 3.05) is 0 Å². The molecule has 44 heavy (non-hydrogen) atoms. The molecule has 0 amide bonds. The highest BCUT2D eigenvalue weighted by molar-refractivity contribution is 5.95. The first-order chi connectivity index (χ1) is 21.4. The van der Waals surface area contributed by atoms with E-state index in [2.05, 4.69) is 127 Å². The van der Waals surface area contributed by atoms with Crippen LogP contribution in [0.15, 0.2) is 192 Å². The van der Waals surface area contributed by atoms with Crippen molar-refractivity contribution in [3.05, 3.63) is 204 Å². The number of hydrogen-bond donors (Lipinski definition) is 0. The zero-order valence-corrected chi connectivity index (χ0v) is 27.8. The maximum atomic E-state index is 4.40. The summed E-state index contributed by atoms with van der Waals surface area (Å²) in [7, 11) is 0. The van der Waals surface area contributed by atoms with E-state index in [-0.39, 0.29) is 0 Å². The minimum Gasteiger partial charge on any atom is -0.0984 e. The number of allylic oxidation sites excluding steroid dienone is 26. The summed E-state index contributed by atoms with van der Waals surface area (Å²) in [6.07, 6.45) is 35.5. The van der Waals surface area contributed by atoms with Gasteiger partial charge in [0.25, 0.3) is 0 Å². The fourth-order valence-electron chi connectivity index (χ4n) is 5.54. The lowest BCUT2D eigenvalue weighted by molar-refractivity contribution is 1.00. The SMILES string of the molecule is C=C/C(C1=CCCC=C1C(=C)/C=C\C=C/C)=C(C=C)/C(=C/C)C(=C\C)/c1ccccc1C(=C/C)/C(=C\C)C(=C)/C=C\C=C/C. The third-order valence-electron chi connectivity index (χ3n) is 7.57. The second-order valence-electron chi connectivity index (χ2n) is 10.2. The molecule has 1 aromatic carbocycles. The molecule has 0 heterocycles. The van der Waals surface area contributed by atoms with Crippen LogP contribution in [0.3, 0.4) is 0 Å². The van der Waals surface area contributed by atoms with E-state index in [4.69, 9.17) is 0 Å². The molecule has 1 aliphatic carbocycles. The van der Waals surface area contributed by atoms with Gasteiger partial charge in [-0.15, -0.1) is 0 Å². The van der Waals surface area contributed by atoms with Gasteiger partial charge in [0.2, 0.25) is 0 Å². The highest BCUT2D eigenvalue weighted by Gasteiger charge is 2.21. The summed E-state index contributed by atoms with van der Waals surface area (Å²) in [6, 6.07) is 8.62. The molecular weight excluding hydrogens is 528 g/mol. The van der Waals surface area contributed by atoms with Crippen molar-refractivity contribution in [1.29, 1.82) is 0 Å². The molecule has 0 saturated carbocycles. The fourth-order valence-corrected chi connectivity index (χ4v) is 5.54. The van der Waals surface area contributed by atoms with E-state index >= 15 is 0 Å². The minimum atomic E-state index is 0.967. The summed E-state index contributed by atoms with van der Waals surface area (Å²) in [4.78, 5) is 0. The summed E-state index contributed by atoms with van der Waals surface area (Å²) in [5.41, 5.74) is 13.1. The Morgan fingerprint density at radius 1 is 0.614 bits per heavy atom. The highest BCUT2D eigenvalue weighted by Crippen LogP contribution is 2.41. The molecule has 0 spiro atoms. The molecule has 0 atom stereocenters. The van der Waals surface area contributed by atoms with Gasteiger partial charge in [-0.05, 0) is 121 Å². The first-order valence-corrected chi connectivity index (χ1v) is 15.5. The van der Waals surface area contributed by atoms with Gasteiger partial charge < -0.3 is 0 Å². The quantitative estimate of drug-likeness (QED) is 0.193. The Labute approximate surface area is 268 Å². The second-order valence-corrected chi connectivity index (χ2v) is 10.2. The largest absolute Gasteiger partial charge is 0.0984 e. The Kier molecular flexibility index (Phi) is 15.2. The van der Waals surface area contributed by atoms with E-state index in [1.807, 2.05) is 62.5 Å². The van der Waals surface area contributed by atoms with E-state index in [0.29, 0.717) is 0 Å². The molecule has 0 radical (unpaired) electrons. The molecule has 1 aliphatic rings. The zero-order valence-electron chi connectivity index (χ0n) is 27.8. The summed E-state index contributed by atoms with van der Waals surface area (Å²) >= 11 is 0. The van der Waals surface area contributed by atoms with Gasteiger partial charge >= 0.3 is 0 Å². The molecule has 2 rings (SSSR count). The average molecular weight is 579 g/mol. The van der Waals surface area contributed by atoms with Crippen LogP contribution in [0.25, 0.3) is 11.1 Å². The van der Waals surface area contributed by atoms with Gasteiger partial charge in [-0.2, -0.15) is 0 Å². The molecule has 0 fully saturated rings. The Morgan fingerprint density at radius 2 is 1.14 bits per heavy atom. The lowest BCUT2D eigenvalue weighted by Gasteiger charge is -2.24. The Bertz CT molecular complexity index is 1580. The van der Waals surface area contributed by atoms with Crippen LogP contribution < -0.4 is 0 Å². The van der Waals surface area contributed by atoms with Crippen molar-refractivity contribution in [3.63, 3.8) is 0 Å². The van der Waals surface area contributed by atoms with Crippen LogP contribution in [0.5, 0.6) is 0 Å². The third-order valence-corrected chi connectivity index (χ3v) is 7.57. The molecule has 0 N–H and O–H groups in total. The van der Waals surface area contributed by atoms with Crippen LogP contribution in [0.4, 0.5) is 0 Å². The second kappa shape index (κ2) is 18.8. The van der Waals surface area contributed by atoms with Crippen molar-refractivity contribution >= 4 is 11.1 Å². The van der Waals surface area contributed by atoms with Crippen molar-refractivity contribution in [2.24, 2.45) is 0 Å². The van der Waals surface area contributed by atoms with Crippen LogP contribution in [0, 0.1) is 0 Å².